The zero-order chi connectivity index (χ0) is 13.1. The molecule has 0 saturated heterocycles. The highest BCUT2D eigenvalue weighted by Gasteiger charge is 2.06. The van der Waals surface area contributed by atoms with Crippen LogP contribution in [0.2, 0.25) is 0 Å². The van der Waals surface area contributed by atoms with Crippen LogP contribution in [0, 0.1) is 12.7 Å². The number of aromatic nitrogens is 2. The summed E-state index contributed by atoms with van der Waals surface area (Å²) in [5.74, 6) is 1.50. The number of nitrogens with one attached hydrogen (secondary N) is 2. The zero-order valence-electron chi connectivity index (χ0n) is 9.96. The number of hydrogen-bond acceptors (Lipinski definition) is 4. The second-order valence-electron chi connectivity index (χ2n) is 3.68. The van der Waals surface area contributed by atoms with E-state index in [9.17, 15) is 4.39 Å². The molecule has 0 unspecified atom stereocenters. The molecule has 2 aromatic rings. The summed E-state index contributed by atoms with van der Waals surface area (Å²) in [6.45, 7) is 1.78. The molecular formula is C12H12BrFN4. The molecule has 0 radical (unpaired) electrons. The van der Waals surface area contributed by atoms with Gasteiger partial charge < -0.3 is 10.6 Å². The fourth-order valence-corrected chi connectivity index (χ4v) is 1.85. The first-order chi connectivity index (χ1) is 8.58. The molecule has 1 aromatic heterocycles. The second kappa shape index (κ2) is 5.30. The van der Waals surface area contributed by atoms with Crippen molar-refractivity contribution >= 4 is 33.3 Å². The number of anilines is 3. The minimum absolute atomic E-state index is 0.333. The quantitative estimate of drug-likeness (QED) is 0.911. The number of benzene rings is 1. The fraction of sp³-hybridized carbons (Fsp3) is 0.167. The molecule has 0 fully saturated rings. The molecule has 0 aliphatic rings. The summed E-state index contributed by atoms with van der Waals surface area (Å²) in [7, 11) is 1.77. The average Bonchev–Trinajstić information content (AvgIpc) is 2.33. The van der Waals surface area contributed by atoms with Crippen molar-refractivity contribution in [1.82, 2.24) is 9.97 Å². The van der Waals surface area contributed by atoms with Crippen LogP contribution in [-0.2, 0) is 0 Å². The van der Waals surface area contributed by atoms with Crippen molar-refractivity contribution in [1.29, 1.82) is 0 Å². The molecule has 2 N–H and O–H groups in total. The maximum absolute atomic E-state index is 13.6. The zero-order valence-corrected chi connectivity index (χ0v) is 11.5. The first-order valence-electron chi connectivity index (χ1n) is 5.34. The van der Waals surface area contributed by atoms with Gasteiger partial charge in [0.2, 0.25) is 0 Å². The van der Waals surface area contributed by atoms with Gasteiger partial charge in [0.25, 0.3) is 0 Å². The molecule has 1 aromatic carbocycles. The molecular weight excluding hydrogens is 299 g/mol. The molecule has 0 aliphatic heterocycles. The number of aryl methyl sites for hydroxylation is 1. The predicted octanol–water partition coefficient (Wildman–Crippen LogP) is 3.47. The van der Waals surface area contributed by atoms with Crippen LogP contribution in [-0.4, -0.2) is 17.0 Å². The lowest BCUT2D eigenvalue weighted by molar-refractivity contribution is 0.631. The Morgan fingerprint density at radius 2 is 1.89 bits per heavy atom. The van der Waals surface area contributed by atoms with E-state index in [4.69, 9.17) is 0 Å². The van der Waals surface area contributed by atoms with Crippen LogP contribution < -0.4 is 10.6 Å². The smallest absolute Gasteiger partial charge is 0.146 e. The first kappa shape index (κ1) is 12.8. The van der Waals surface area contributed by atoms with E-state index in [1.165, 1.54) is 6.07 Å². The molecule has 18 heavy (non-hydrogen) atoms. The Kier molecular flexibility index (Phi) is 3.76. The monoisotopic (exact) mass is 310 g/mol. The van der Waals surface area contributed by atoms with E-state index in [1.54, 1.807) is 32.2 Å². The molecule has 0 saturated carbocycles. The van der Waals surface area contributed by atoms with Crippen molar-refractivity contribution in [2.75, 3.05) is 17.7 Å². The molecule has 0 atom stereocenters. The fourth-order valence-electron chi connectivity index (χ4n) is 1.49. The van der Waals surface area contributed by atoms with E-state index in [0.717, 1.165) is 4.47 Å². The van der Waals surface area contributed by atoms with Crippen LogP contribution in [0.4, 0.5) is 21.7 Å². The third-order valence-corrected chi connectivity index (χ3v) is 2.78. The highest BCUT2D eigenvalue weighted by atomic mass is 79.9. The lowest BCUT2D eigenvalue weighted by Crippen LogP contribution is -2.02. The van der Waals surface area contributed by atoms with Gasteiger partial charge in [-0.25, -0.2) is 14.4 Å². The number of hydrogen-bond donors (Lipinski definition) is 2. The van der Waals surface area contributed by atoms with Crippen molar-refractivity contribution in [3.63, 3.8) is 0 Å². The summed E-state index contributed by atoms with van der Waals surface area (Å²) in [6.07, 6.45) is 0. The summed E-state index contributed by atoms with van der Waals surface area (Å²) in [4.78, 5) is 8.37. The van der Waals surface area contributed by atoms with Gasteiger partial charge in [-0.15, -0.1) is 0 Å². The van der Waals surface area contributed by atoms with Crippen LogP contribution in [0.25, 0.3) is 0 Å². The molecule has 1 heterocycles. The van der Waals surface area contributed by atoms with Crippen LogP contribution in [0.3, 0.4) is 0 Å². The third kappa shape index (κ3) is 2.95. The van der Waals surface area contributed by atoms with Gasteiger partial charge in [0.15, 0.2) is 0 Å². The first-order valence-corrected chi connectivity index (χ1v) is 6.13. The topological polar surface area (TPSA) is 49.8 Å². The highest BCUT2D eigenvalue weighted by Crippen LogP contribution is 2.23. The third-order valence-electron chi connectivity index (χ3n) is 2.29. The van der Waals surface area contributed by atoms with E-state index in [2.05, 4.69) is 36.5 Å². The van der Waals surface area contributed by atoms with Crippen LogP contribution in [0.1, 0.15) is 5.82 Å². The van der Waals surface area contributed by atoms with Crippen molar-refractivity contribution < 1.29 is 4.39 Å². The van der Waals surface area contributed by atoms with Crippen molar-refractivity contribution in [3.8, 4) is 0 Å². The lowest BCUT2D eigenvalue weighted by atomic mass is 10.3. The SMILES string of the molecule is CNc1cc(Nc2cc(Br)ccc2F)nc(C)n1. The Balaban J connectivity index is 2.33. The Morgan fingerprint density at radius 3 is 2.61 bits per heavy atom. The van der Waals surface area contributed by atoms with Crippen molar-refractivity contribution in [2.45, 2.75) is 6.92 Å². The molecule has 0 bridgehead atoms. The lowest BCUT2D eigenvalue weighted by Gasteiger charge is -2.09. The van der Waals surface area contributed by atoms with Gasteiger partial charge >= 0.3 is 0 Å². The molecule has 94 valence electrons. The summed E-state index contributed by atoms with van der Waals surface area (Å²) >= 11 is 3.30. The highest BCUT2D eigenvalue weighted by molar-refractivity contribution is 9.10. The summed E-state index contributed by atoms with van der Waals surface area (Å²) in [5.41, 5.74) is 0.365. The number of rotatable bonds is 3. The van der Waals surface area contributed by atoms with Gasteiger partial charge in [-0.2, -0.15) is 0 Å². The van der Waals surface area contributed by atoms with Gasteiger partial charge in [0, 0.05) is 17.6 Å². The van der Waals surface area contributed by atoms with Gasteiger partial charge in [-0.3, -0.25) is 0 Å². The molecule has 6 heteroatoms. The number of halogens is 2. The van der Waals surface area contributed by atoms with Gasteiger partial charge in [-0.05, 0) is 25.1 Å². The van der Waals surface area contributed by atoms with Crippen LogP contribution >= 0.6 is 15.9 Å². The van der Waals surface area contributed by atoms with Crippen molar-refractivity contribution in [3.05, 3.63) is 40.4 Å². The minimum atomic E-state index is -0.333. The minimum Gasteiger partial charge on any atom is -0.373 e. The maximum atomic E-state index is 13.6. The van der Waals surface area contributed by atoms with E-state index >= 15 is 0 Å². The summed E-state index contributed by atoms with van der Waals surface area (Å²) in [5, 5.41) is 5.86. The van der Waals surface area contributed by atoms with Gasteiger partial charge in [-0.1, -0.05) is 15.9 Å². The Hall–Kier alpha value is -1.69. The molecule has 0 spiro atoms. The largest absolute Gasteiger partial charge is 0.373 e. The number of nitrogens with zero attached hydrogens (tertiary/aromatic N) is 2. The molecule has 0 amide bonds. The molecule has 4 nitrogen and oxygen atoms in total. The Morgan fingerprint density at radius 1 is 1.17 bits per heavy atom. The van der Waals surface area contributed by atoms with Gasteiger partial charge in [0.1, 0.15) is 23.3 Å². The Labute approximate surface area is 113 Å². The average molecular weight is 311 g/mol. The van der Waals surface area contributed by atoms with E-state index in [-0.39, 0.29) is 5.82 Å². The molecule has 2 rings (SSSR count). The van der Waals surface area contributed by atoms with Crippen LogP contribution in [0.15, 0.2) is 28.7 Å². The predicted molar refractivity (Wildman–Crippen MR) is 73.7 cm³/mol. The van der Waals surface area contributed by atoms with E-state index in [1.807, 2.05) is 0 Å². The molecule has 0 aliphatic carbocycles. The van der Waals surface area contributed by atoms with Gasteiger partial charge in [0.05, 0.1) is 5.69 Å². The van der Waals surface area contributed by atoms with E-state index < -0.39 is 0 Å². The normalized spacial score (nSPS) is 10.2. The summed E-state index contributed by atoms with van der Waals surface area (Å²) in [6, 6.07) is 6.41. The summed E-state index contributed by atoms with van der Waals surface area (Å²) < 4.78 is 14.4. The standard InChI is InChI=1S/C12H12BrFN4/c1-7-16-11(15-2)6-12(17-7)18-10-5-8(13)3-4-9(10)14/h3-6H,1-2H3,(H2,15,16,17,18). The Bertz CT molecular complexity index is 574. The van der Waals surface area contributed by atoms with Crippen molar-refractivity contribution in [2.24, 2.45) is 0 Å². The van der Waals surface area contributed by atoms with Crippen LogP contribution in [0.5, 0.6) is 0 Å². The maximum Gasteiger partial charge on any atom is 0.146 e. The van der Waals surface area contributed by atoms with E-state index in [0.29, 0.717) is 23.1 Å². The second-order valence-corrected chi connectivity index (χ2v) is 4.60.